The molecule has 1 aliphatic rings. The van der Waals surface area contributed by atoms with Gasteiger partial charge in [-0.2, -0.15) is 0 Å². The first kappa shape index (κ1) is 8.12. The minimum atomic E-state index is 0.259. The third kappa shape index (κ3) is 1.54. The topological polar surface area (TPSA) is 20.2 Å². The molecule has 0 bridgehead atoms. The number of hydrogen-bond donors (Lipinski definition) is 1. The van der Waals surface area contributed by atoms with Crippen LogP contribution in [0.5, 0.6) is 0 Å². The van der Waals surface area contributed by atoms with Crippen molar-refractivity contribution in [2.75, 3.05) is 6.61 Å². The first-order valence-corrected chi connectivity index (χ1v) is 4.14. The molecule has 1 saturated carbocycles. The van der Waals surface area contributed by atoms with Gasteiger partial charge in [0.25, 0.3) is 0 Å². The quantitative estimate of drug-likeness (QED) is 0.571. The van der Waals surface area contributed by atoms with Crippen LogP contribution in [0.3, 0.4) is 0 Å². The highest BCUT2D eigenvalue weighted by atomic mass is 16.3. The summed E-state index contributed by atoms with van der Waals surface area (Å²) in [6, 6.07) is 0. The Morgan fingerprint density at radius 2 is 2.20 bits per heavy atom. The van der Waals surface area contributed by atoms with Crippen LogP contribution in [0.2, 0.25) is 5.82 Å². The Balaban J connectivity index is 2.36. The Kier molecular flexibility index (Phi) is 2.78. The van der Waals surface area contributed by atoms with Crippen molar-refractivity contribution in [1.82, 2.24) is 0 Å². The van der Waals surface area contributed by atoms with Crippen LogP contribution in [0.15, 0.2) is 0 Å². The van der Waals surface area contributed by atoms with Gasteiger partial charge in [-0.25, -0.2) is 0 Å². The SMILES string of the molecule is [B][C@@H]1C[C@H](CC)CC1CO. The largest absolute Gasteiger partial charge is 0.396 e. The first-order valence-electron chi connectivity index (χ1n) is 4.14. The lowest BCUT2D eigenvalue weighted by Crippen LogP contribution is -2.06. The summed E-state index contributed by atoms with van der Waals surface area (Å²) in [6.45, 7) is 2.47. The van der Waals surface area contributed by atoms with Crippen molar-refractivity contribution in [3.8, 4) is 0 Å². The van der Waals surface area contributed by atoms with E-state index in [2.05, 4.69) is 6.92 Å². The Hall–Kier alpha value is 0.0249. The van der Waals surface area contributed by atoms with Crippen LogP contribution in [0.1, 0.15) is 26.2 Å². The highest BCUT2D eigenvalue weighted by molar-refractivity contribution is 6.12. The van der Waals surface area contributed by atoms with Gasteiger partial charge in [0.15, 0.2) is 0 Å². The average molecular weight is 138 g/mol. The van der Waals surface area contributed by atoms with Gasteiger partial charge in [-0.3, -0.25) is 0 Å². The van der Waals surface area contributed by atoms with E-state index in [0.717, 1.165) is 18.8 Å². The Bertz CT molecular complexity index is 105. The molecule has 2 heteroatoms. The van der Waals surface area contributed by atoms with Crippen LogP contribution < -0.4 is 0 Å². The van der Waals surface area contributed by atoms with Crippen LogP contribution >= 0.6 is 0 Å². The molecule has 1 nitrogen and oxygen atoms in total. The fourth-order valence-electron chi connectivity index (χ4n) is 1.82. The molecule has 2 radical (unpaired) electrons. The van der Waals surface area contributed by atoms with E-state index in [4.69, 9.17) is 13.0 Å². The molecule has 0 aromatic heterocycles. The summed E-state index contributed by atoms with van der Waals surface area (Å²) in [5, 5.41) is 8.87. The molecule has 0 heterocycles. The second kappa shape index (κ2) is 3.43. The van der Waals surface area contributed by atoms with E-state index in [1.807, 2.05) is 0 Å². The van der Waals surface area contributed by atoms with Gasteiger partial charge in [-0.15, -0.1) is 0 Å². The molecule has 0 aromatic rings. The second-order valence-electron chi connectivity index (χ2n) is 3.35. The predicted octanol–water partition coefficient (Wildman–Crippen LogP) is 1.37. The lowest BCUT2D eigenvalue weighted by molar-refractivity contribution is 0.226. The lowest BCUT2D eigenvalue weighted by atomic mass is 9.79. The fourth-order valence-corrected chi connectivity index (χ4v) is 1.82. The highest BCUT2D eigenvalue weighted by Crippen LogP contribution is 2.39. The van der Waals surface area contributed by atoms with Crippen LogP contribution in [0.25, 0.3) is 0 Å². The van der Waals surface area contributed by atoms with Crippen molar-refractivity contribution in [3.63, 3.8) is 0 Å². The summed E-state index contributed by atoms with van der Waals surface area (Å²) >= 11 is 0. The highest BCUT2D eigenvalue weighted by Gasteiger charge is 2.28. The molecule has 1 N–H and O–H groups in total. The van der Waals surface area contributed by atoms with Gasteiger partial charge in [0.05, 0.1) is 7.85 Å². The summed E-state index contributed by atoms with van der Waals surface area (Å²) in [5.74, 6) is 1.41. The maximum absolute atomic E-state index is 8.87. The van der Waals surface area contributed by atoms with E-state index in [9.17, 15) is 0 Å². The van der Waals surface area contributed by atoms with Gasteiger partial charge in [0.1, 0.15) is 0 Å². The van der Waals surface area contributed by atoms with Crippen LogP contribution in [0, 0.1) is 11.8 Å². The molecule has 0 aliphatic heterocycles. The number of aliphatic hydroxyl groups excluding tert-OH is 1. The molecule has 1 fully saturated rings. The van der Waals surface area contributed by atoms with Gasteiger partial charge in [-0.1, -0.05) is 25.6 Å². The summed E-state index contributed by atoms with van der Waals surface area (Å²) < 4.78 is 0. The molecule has 1 unspecified atom stereocenters. The lowest BCUT2D eigenvalue weighted by Gasteiger charge is -2.09. The van der Waals surface area contributed by atoms with Gasteiger partial charge >= 0.3 is 0 Å². The van der Waals surface area contributed by atoms with Crippen molar-refractivity contribution in [3.05, 3.63) is 0 Å². The van der Waals surface area contributed by atoms with Crippen molar-refractivity contribution in [2.45, 2.75) is 32.0 Å². The molecule has 1 rings (SSSR count). The molecule has 56 valence electrons. The van der Waals surface area contributed by atoms with Crippen molar-refractivity contribution >= 4 is 7.85 Å². The molecule has 0 amide bonds. The zero-order valence-corrected chi connectivity index (χ0v) is 6.59. The summed E-state index contributed by atoms with van der Waals surface area (Å²) in [6.07, 6.45) is 3.46. The molecule has 1 aliphatic carbocycles. The van der Waals surface area contributed by atoms with E-state index < -0.39 is 0 Å². The minimum absolute atomic E-state index is 0.259. The third-order valence-corrected chi connectivity index (χ3v) is 2.66. The fraction of sp³-hybridized carbons (Fsp3) is 1.00. The predicted molar refractivity (Wildman–Crippen MR) is 43.1 cm³/mol. The molecular weight excluding hydrogens is 123 g/mol. The maximum atomic E-state index is 8.87. The van der Waals surface area contributed by atoms with Crippen molar-refractivity contribution in [1.29, 1.82) is 0 Å². The summed E-state index contributed by atoms with van der Waals surface area (Å²) in [7, 11) is 5.80. The van der Waals surface area contributed by atoms with Gasteiger partial charge in [0.2, 0.25) is 0 Å². The zero-order chi connectivity index (χ0) is 7.56. The molecule has 3 atom stereocenters. The second-order valence-corrected chi connectivity index (χ2v) is 3.35. The van der Waals surface area contributed by atoms with Crippen molar-refractivity contribution in [2.24, 2.45) is 11.8 Å². The third-order valence-electron chi connectivity index (χ3n) is 2.66. The Morgan fingerprint density at radius 1 is 1.50 bits per heavy atom. The zero-order valence-electron chi connectivity index (χ0n) is 6.59. The number of hydrogen-bond acceptors (Lipinski definition) is 1. The first-order chi connectivity index (χ1) is 4.77. The standard InChI is InChI=1S/C8H15BO/c1-2-6-3-7(5-10)8(9)4-6/h6-8,10H,2-5H2,1H3/t6-,7?,8-/m1/s1. The molecule has 0 saturated heterocycles. The molecule has 0 spiro atoms. The van der Waals surface area contributed by atoms with E-state index in [-0.39, 0.29) is 12.4 Å². The average Bonchev–Trinajstić information content (AvgIpc) is 2.30. The van der Waals surface area contributed by atoms with E-state index in [0.29, 0.717) is 5.92 Å². The molecule has 10 heavy (non-hydrogen) atoms. The Labute approximate surface area is 64.2 Å². The van der Waals surface area contributed by atoms with Gasteiger partial charge < -0.3 is 5.11 Å². The summed E-state index contributed by atoms with van der Waals surface area (Å²) in [5.41, 5.74) is 0. The Morgan fingerprint density at radius 3 is 2.50 bits per heavy atom. The van der Waals surface area contributed by atoms with E-state index in [1.54, 1.807) is 0 Å². The van der Waals surface area contributed by atoms with Crippen LogP contribution in [-0.2, 0) is 0 Å². The van der Waals surface area contributed by atoms with Crippen LogP contribution in [-0.4, -0.2) is 19.6 Å². The number of aliphatic hydroxyl groups is 1. The monoisotopic (exact) mass is 138 g/mol. The maximum Gasteiger partial charge on any atom is 0.0704 e. The molecular formula is C8H15BO. The summed E-state index contributed by atoms with van der Waals surface area (Å²) in [4.78, 5) is 0. The number of rotatable bonds is 2. The van der Waals surface area contributed by atoms with E-state index in [1.165, 1.54) is 6.42 Å². The molecule has 0 aromatic carbocycles. The minimum Gasteiger partial charge on any atom is -0.396 e. The van der Waals surface area contributed by atoms with Crippen LogP contribution in [0.4, 0.5) is 0 Å². The van der Waals surface area contributed by atoms with Crippen molar-refractivity contribution < 1.29 is 5.11 Å². The van der Waals surface area contributed by atoms with E-state index >= 15 is 0 Å². The van der Waals surface area contributed by atoms with Gasteiger partial charge in [-0.05, 0) is 18.3 Å². The van der Waals surface area contributed by atoms with Gasteiger partial charge in [0, 0.05) is 6.61 Å². The normalized spacial score (nSPS) is 40.4. The smallest absolute Gasteiger partial charge is 0.0704 e.